The zero-order chi connectivity index (χ0) is 19.7. The molecule has 0 spiro atoms. The Balaban J connectivity index is 1.52. The van der Waals surface area contributed by atoms with Crippen molar-refractivity contribution in [2.24, 2.45) is 11.7 Å². The number of rotatable bonds is 3. The first-order valence-electron chi connectivity index (χ1n) is 9.99. The smallest absolute Gasteiger partial charge is 0.225 e. The highest BCUT2D eigenvalue weighted by Crippen LogP contribution is 2.42. The number of carbonyl (C=O) groups is 1. The largest absolute Gasteiger partial charge is 0.392 e. The zero-order valence-corrected chi connectivity index (χ0v) is 16.8. The maximum Gasteiger partial charge on any atom is 0.225 e. The van der Waals surface area contributed by atoms with Crippen LogP contribution in [0.5, 0.6) is 0 Å². The molecular weight excluding hydrogens is 372 g/mol. The van der Waals surface area contributed by atoms with E-state index in [9.17, 15) is 9.90 Å². The third-order valence-electron chi connectivity index (χ3n) is 6.48. The zero-order valence-electron chi connectivity index (χ0n) is 16.0. The summed E-state index contributed by atoms with van der Waals surface area (Å²) < 4.78 is 0. The maximum absolute atomic E-state index is 13.0. The molecule has 2 aliphatic rings. The summed E-state index contributed by atoms with van der Waals surface area (Å²) >= 11 is 1.47. The number of hydrogen-bond donors (Lipinski definition) is 3. The molecule has 4 rings (SSSR count). The number of aromatic nitrogens is 1. The van der Waals surface area contributed by atoms with Crippen molar-refractivity contribution in [1.29, 1.82) is 0 Å². The monoisotopic (exact) mass is 400 g/mol. The number of carbonyl (C=O) groups excluding carboxylic acids is 1. The molecule has 3 atom stereocenters. The molecule has 0 radical (unpaired) electrons. The summed E-state index contributed by atoms with van der Waals surface area (Å²) in [7, 11) is 0. The van der Waals surface area contributed by atoms with E-state index < -0.39 is 6.10 Å². The third-order valence-corrected chi connectivity index (χ3v) is 7.15. The van der Waals surface area contributed by atoms with Gasteiger partial charge in [-0.3, -0.25) is 4.79 Å². The summed E-state index contributed by atoms with van der Waals surface area (Å²) in [5.74, 6) is 0.111. The molecule has 1 aliphatic heterocycles. The highest BCUT2D eigenvalue weighted by Gasteiger charge is 2.42. The second-order valence-electron chi connectivity index (χ2n) is 8.09. The minimum Gasteiger partial charge on any atom is -0.392 e. The fourth-order valence-electron chi connectivity index (χ4n) is 4.74. The van der Waals surface area contributed by atoms with Crippen molar-refractivity contribution in [3.05, 3.63) is 47.0 Å². The van der Waals surface area contributed by atoms with E-state index in [1.165, 1.54) is 16.9 Å². The Morgan fingerprint density at radius 2 is 1.93 bits per heavy atom. The Bertz CT molecular complexity index is 817. The lowest BCUT2D eigenvalue weighted by molar-refractivity contribution is -0.139. The van der Waals surface area contributed by atoms with Crippen molar-refractivity contribution >= 4 is 22.4 Å². The molecule has 1 saturated heterocycles. The average Bonchev–Trinajstić information content (AvgIpc) is 3.17. The molecule has 5 N–H and O–H groups in total. The van der Waals surface area contributed by atoms with E-state index in [-0.39, 0.29) is 23.3 Å². The molecule has 1 aromatic carbocycles. The van der Waals surface area contributed by atoms with Crippen molar-refractivity contribution in [3.8, 4) is 0 Å². The van der Waals surface area contributed by atoms with Crippen LogP contribution in [0.3, 0.4) is 0 Å². The number of likely N-dealkylation sites (tertiary alicyclic amines) is 1. The van der Waals surface area contributed by atoms with Crippen molar-refractivity contribution in [2.45, 2.75) is 49.7 Å². The highest BCUT2D eigenvalue weighted by atomic mass is 32.1. The van der Waals surface area contributed by atoms with E-state index in [1.807, 2.05) is 11.0 Å². The van der Waals surface area contributed by atoms with Crippen LogP contribution in [0, 0.1) is 5.92 Å². The van der Waals surface area contributed by atoms with Gasteiger partial charge in [-0.05, 0) is 37.7 Å². The Kier molecular flexibility index (Phi) is 5.40. The number of aliphatic hydroxyl groups excluding tert-OH is 1. The second kappa shape index (κ2) is 7.81. The van der Waals surface area contributed by atoms with Gasteiger partial charge in [0.15, 0.2) is 5.13 Å². The van der Waals surface area contributed by atoms with Crippen LogP contribution in [0.15, 0.2) is 35.7 Å². The number of thiazole rings is 1. The maximum atomic E-state index is 13.0. The van der Waals surface area contributed by atoms with Crippen LogP contribution in [-0.4, -0.2) is 46.1 Å². The van der Waals surface area contributed by atoms with Crippen molar-refractivity contribution in [3.63, 3.8) is 0 Å². The first-order chi connectivity index (χ1) is 13.5. The molecule has 28 heavy (non-hydrogen) atoms. The van der Waals surface area contributed by atoms with Gasteiger partial charge >= 0.3 is 0 Å². The minimum atomic E-state index is -0.480. The molecule has 2 aromatic rings. The molecule has 0 bridgehead atoms. The Hall–Kier alpha value is -1.96. The molecule has 1 aromatic heterocycles. The number of amides is 1. The van der Waals surface area contributed by atoms with Crippen LogP contribution in [0.1, 0.15) is 43.4 Å². The number of nitrogen functional groups attached to an aromatic ring is 1. The van der Waals surface area contributed by atoms with Crippen LogP contribution < -0.4 is 11.5 Å². The normalized spacial score (nSPS) is 27.5. The van der Waals surface area contributed by atoms with E-state index >= 15 is 0 Å². The fourth-order valence-corrected chi connectivity index (χ4v) is 5.40. The number of aliphatic hydroxyl groups is 1. The van der Waals surface area contributed by atoms with Crippen LogP contribution in [0.2, 0.25) is 0 Å². The van der Waals surface area contributed by atoms with Crippen LogP contribution in [-0.2, 0) is 10.2 Å². The lowest BCUT2D eigenvalue weighted by Gasteiger charge is -2.43. The summed E-state index contributed by atoms with van der Waals surface area (Å²) in [5, 5.41) is 12.5. The lowest BCUT2D eigenvalue weighted by atomic mass is 9.70. The highest BCUT2D eigenvalue weighted by molar-refractivity contribution is 7.13. The van der Waals surface area contributed by atoms with Gasteiger partial charge < -0.3 is 21.5 Å². The van der Waals surface area contributed by atoms with Crippen LogP contribution in [0.25, 0.3) is 0 Å². The number of anilines is 1. The van der Waals surface area contributed by atoms with Gasteiger partial charge in [-0.2, -0.15) is 0 Å². The van der Waals surface area contributed by atoms with E-state index in [4.69, 9.17) is 11.5 Å². The molecule has 6 nitrogen and oxygen atoms in total. The first-order valence-corrected chi connectivity index (χ1v) is 10.9. The van der Waals surface area contributed by atoms with Gasteiger partial charge in [0.1, 0.15) is 0 Å². The summed E-state index contributed by atoms with van der Waals surface area (Å²) in [4.78, 5) is 19.6. The molecule has 0 unspecified atom stereocenters. The van der Waals surface area contributed by atoms with Gasteiger partial charge in [0.05, 0.1) is 11.8 Å². The van der Waals surface area contributed by atoms with E-state index in [0.717, 1.165) is 25.0 Å². The van der Waals surface area contributed by atoms with Gasteiger partial charge in [0, 0.05) is 35.8 Å². The predicted octanol–water partition coefficient (Wildman–Crippen LogP) is 2.12. The number of piperidine rings is 1. The number of benzene rings is 1. The molecule has 1 amide bonds. The first kappa shape index (κ1) is 19.4. The molecule has 2 heterocycles. The van der Waals surface area contributed by atoms with Gasteiger partial charge in [-0.25, -0.2) is 4.98 Å². The van der Waals surface area contributed by atoms with Gasteiger partial charge in [-0.15, -0.1) is 11.3 Å². The Labute approximate surface area is 169 Å². The number of hydrogen-bond acceptors (Lipinski definition) is 6. The quantitative estimate of drug-likeness (QED) is 0.732. The van der Waals surface area contributed by atoms with Crippen LogP contribution >= 0.6 is 11.3 Å². The van der Waals surface area contributed by atoms with E-state index in [2.05, 4.69) is 34.6 Å². The topological polar surface area (TPSA) is 105 Å². The molecule has 1 aliphatic carbocycles. The molecular formula is C21H28N4O2S. The summed E-state index contributed by atoms with van der Waals surface area (Å²) in [6.45, 7) is 1.39. The number of nitrogens with zero attached hydrogens (tertiary/aromatic N) is 2. The average molecular weight is 401 g/mol. The lowest BCUT2D eigenvalue weighted by Crippen LogP contribution is -2.50. The standard InChI is InChI=1S/C21H28N4O2S/c22-16-12-14(6-7-17(16)26)19(27)25-10-8-21(9-11-25,15-4-2-1-3-5-15)18-13-28-20(23)24-18/h1-5,13-14,16-17,26H,6-12,22H2,(H2,23,24)/t14-,16+,17+/m0/s1. The van der Waals surface area contributed by atoms with Crippen LogP contribution in [0.4, 0.5) is 5.13 Å². The van der Waals surface area contributed by atoms with E-state index in [1.54, 1.807) is 0 Å². The molecule has 2 fully saturated rings. The molecule has 150 valence electrons. The van der Waals surface area contributed by atoms with E-state index in [0.29, 0.717) is 31.1 Å². The Morgan fingerprint density at radius 1 is 1.21 bits per heavy atom. The second-order valence-corrected chi connectivity index (χ2v) is 8.98. The van der Waals surface area contributed by atoms with Crippen molar-refractivity contribution < 1.29 is 9.90 Å². The number of nitrogens with two attached hydrogens (primary N) is 2. The van der Waals surface area contributed by atoms with Crippen molar-refractivity contribution in [2.75, 3.05) is 18.8 Å². The SMILES string of the molecule is Nc1nc(C2(c3ccccc3)CCN(C(=O)[C@H]3CC[C@@H](O)[C@H](N)C3)CC2)cs1. The van der Waals surface area contributed by atoms with Crippen molar-refractivity contribution in [1.82, 2.24) is 9.88 Å². The minimum absolute atomic E-state index is 0.0717. The Morgan fingerprint density at radius 3 is 2.54 bits per heavy atom. The third kappa shape index (κ3) is 3.54. The fraction of sp³-hybridized carbons (Fsp3) is 0.524. The molecule has 7 heteroatoms. The van der Waals surface area contributed by atoms with Gasteiger partial charge in [-0.1, -0.05) is 30.3 Å². The van der Waals surface area contributed by atoms with Gasteiger partial charge in [0.25, 0.3) is 0 Å². The molecule has 1 saturated carbocycles. The summed E-state index contributed by atoms with van der Waals surface area (Å²) in [5.41, 5.74) is 14.0. The summed E-state index contributed by atoms with van der Waals surface area (Å²) in [6.07, 6.45) is 3.07. The summed E-state index contributed by atoms with van der Waals surface area (Å²) in [6, 6.07) is 10.1. The predicted molar refractivity (Wildman–Crippen MR) is 111 cm³/mol. The van der Waals surface area contributed by atoms with Gasteiger partial charge in [0.2, 0.25) is 5.91 Å².